The van der Waals surface area contributed by atoms with Crippen molar-refractivity contribution in [3.8, 4) is 0 Å². The first kappa shape index (κ1) is 21.3. The number of nitrogens with one attached hydrogen (secondary N) is 1. The maximum atomic E-state index is 12.5. The Hall–Kier alpha value is -2.44. The van der Waals surface area contributed by atoms with Crippen molar-refractivity contribution in [1.82, 2.24) is 10.2 Å². The van der Waals surface area contributed by atoms with Gasteiger partial charge in [-0.05, 0) is 29.7 Å². The van der Waals surface area contributed by atoms with Gasteiger partial charge in [0.15, 0.2) is 0 Å². The molecule has 1 atom stereocenters. The zero-order valence-electron chi connectivity index (χ0n) is 17.1. The van der Waals surface area contributed by atoms with Gasteiger partial charge in [0.1, 0.15) is 0 Å². The average Bonchev–Trinajstić information content (AvgIpc) is 2.74. The van der Waals surface area contributed by atoms with E-state index in [4.69, 9.17) is 9.47 Å². The second-order valence-electron chi connectivity index (χ2n) is 7.30. The molecule has 0 saturated carbocycles. The minimum atomic E-state index is -0.496. The largest absolute Gasteiger partial charge is 0.466 e. The smallest absolute Gasteiger partial charge is 0.309 e. The molecule has 1 unspecified atom stereocenters. The molecule has 2 aromatic carbocycles. The van der Waals surface area contributed by atoms with Crippen LogP contribution < -0.4 is 5.32 Å². The third kappa shape index (κ3) is 6.27. The van der Waals surface area contributed by atoms with E-state index >= 15 is 0 Å². The van der Waals surface area contributed by atoms with E-state index in [0.29, 0.717) is 19.6 Å². The van der Waals surface area contributed by atoms with Gasteiger partial charge in [-0.25, -0.2) is 0 Å². The Morgan fingerprint density at radius 2 is 1.90 bits per heavy atom. The third-order valence-corrected chi connectivity index (χ3v) is 5.25. The van der Waals surface area contributed by atoms with Gasteiger partial charge < -0.3 is 14.8 Å². The molecule has 1 heterocycles. The highest BCUT2D eigenvalue weighted by atomic mass is 16.5. The van der Waals surface area contributed by atoms with Crippen molar-refractivity contribution in [3.63, 3.8) is 0 Å². The van der Waals surface area contributed by atoms with E-state index < -0.39 is 5.92 Å². The molecule has 2 aromatic rings. The zero-order valence-corrected chi connectivity index (χ0v) is 17.1. The molecular weight excluding hydrogens is 368 g/mol. The molecule has 1 aliphatic heterocycles. The monoisotopic (exact) mass is 398 g/mol. The van der Waals surface area contributed by atoms with Gasteiger partial charge in [-0.15, -0.1) is 0 Å². The molecule has 0 bridgehead atoms. The SMILES string of the molecule is CCOC(=O)C(CC(=O)NCCN1CCOCC1)Cc1cccc2ccccc12. The van der Waals surface area contributed by atoms with Crippen LogP contribution in [0.15, 0.2) is 42.5 Å². The van der Waals surface area contributed by atoms with E-state index in [1.54, 1.807) is 6.92 Å². The predicted octanol–water partition coefficient (Wildman–Crippen LogP) is 2.40. The number of fused-ring (bicyclic) bond motifs is 1. The van der Waals surface area contributed by atoms with Crippen LogP contribution in [0, 0.1) is 5.92 Å². The molecule has 0 aliphatic carbocycles. The van der Waals surface area contributed by atoms with Gasteiger partial charge in [0.2, 0.25) is 5.91 Å². The molecule has 0 aromatic heterocycles. The molecule has 1 fully saturated rings. The number of esters is 1. The highest BCUT2D eigenvalue weighted by Crippen LogP contribution is 2.23. The number of benzene rings is 2. The first-order valence-corrected chi connectivity index (χ1v) is 10.4. The Kier molecular flexibility index (Phi) is 8.02. The normalized spacial score (nSPS) is 15.8. The Balaban J connectivity index is 1.60. The Morgan fingerprint density at radius 1 is 1.14 bits per heavy atom. The molecule has 3 rings (SSSR count). The minimum absolute atomic E-state index is 0.114. The molecule has 1 aliphatic rings. The number of hydrogen-bond donors (Lipinski definition) is 1. The molecule has 1 N–H and O–H groups in total. The second kappa shape index (κ2) is 10.9. The fourth-order valence-electron chi connectivity index (χ4n) is 3.71. The Labute approximate surface area is 172 Å². The van der Waals surface area contributed by atoms with Crippen LogP contribution in [0.25, 0.3) is 10.8 Å². The van der Waals surface area contributed by atoms with Crippen LogP contribution in [-0.4, -0.2) is 62.8 Å². The fourth-order valence-corrected chi connectivity index (χ4v) is 3.71. The van der Waals surface area contributed by atoms with Gasteiger partial charge in [-0.2, -0.15) is 0 Å². The lowest BCUT2D eigenvalue weighted by molar-refractivity contribution is -0.149. The van der Waals surface area contributed by atoms with Crippen molar-refractivity contribution >= 4 is 22.6 Å². The van der Waals surface area contributed by atoms with E-state index in [9.17, 15) is 9.59 Å². The van der Waals surface area contributed by atoms with E-state index in [2.05, 4.69) is 28.4 Å². The Bertz CT molecular complexity index is 812. The first-order valence-electron chi connectivity index (χ1n) is 10.4. The lowest BCUT2D eigenvalue weighted by Crippen LogP contribution is -2.41. The topological polar surface area (TPSA) is 67.9 Å². The van der Waals surface area contributed by atoms with Crippen LogP contribution in [-0.2, 0) is 25.5 Å². The number of ether oxygens (including phenoxy) is 2. The molecular formula is C23H30N2O4. The first-order chi connectivity index (χ1) is 14.2. The lowest BCUT2D eigenvalue weighted by Gasteiger charge is -2.26. The average molecular weight is 399 g/mol. The van der Waals surface area contributed by atoms with Crippen molar-refractivity contribution < 1.29 is 19.1 Å². The standard InChI is InChI=1S/C23H30N2O4/c1-2-29-23(27)20(16-19-8-5-7-18-6-3-4-9-21(18)19)17-22(26)24-10-11-25-12-14-28-15-13-25/h3-9,20H,2,10-17H2,1H3,(H,24,26). The summed E-state index contributed by atoms with van der Waals surface area (Å²) in [6.07, 6.45) is 0.613. The summed E-state index contributed by atoms with van der Waals surface area (Å²) in [5.74, 6) is -0.926. The molecule has 0 radical (unpaired) electrons. The van der Waals surface area contributed by atoms with E-state index in [-0.39, 0.29) is 18.3 Å². The molecule has 6 nitrogen and oxygen atoms in total. The van der Waals surface area contributed by atoms with Gasteiger partial charge in [-0.3, -0.25) is 14.5 Å². The fraction of sp³-hybridized carbons (Fsp3) is 0.478. The molecule has 1 saturated heterocycles. The lowest BCUT2D eigenvalue weighted by atomic mass is 9.92. The summed E-state index contributed by atoms with van der Waals surface area (Å²) in [7, 11) is 0. The van der Waals surface area contributed by atoms with Crippen molar-refractivity contribution in [3.05, 3.63) is 48.0 Å². The Morgan fingerprint density at radius 3 is 2.69 bits per heavy atom. The van der Waals surface area contributed by atoms with Crippen molar-refractivity contribution in [1.29, 1.82) is 0 Å². The number of carbonyl (C=O) groups is 2. The summed E-state index contributed by atoms with van der Waals surface area (Å²) in [5, 5.41) is 5.19. The summed E-state index contributed by atoms with van der Waals surface area (Å²) >= 11 is 0. The van der Waals surface area contributed by atoms with Gasteiger partial charge in [0.05, 0.1) is 25.7 Å². The van der Waals surface area contributed by atoms with Crippen LogP contribution in [0.3, 0.4) is 0 Å². The highest BCUT2D eigenvalue weighted by molar-refractivity contribution is 5.87. The van der Waals surface area contributed by atoms with Crippen LogP contribution in [0.5, 0.6) is 0 Å². The van der Waals surface area contributed by atoms with Crippen LogP contribution >= 0.6 is 0 Å². The van der Waals surface area contributed by atoms with Crippen LogP contribution in [0.1, 0.15) is 18.9 Å². The summed E-state index contributed by atoms with van der Waals surface area (Å²) in [6, 6.07) is 14.1. The van der Waals surface area contributed by atoms with E-state index in [0.717, 1.165) is 49.2 Å². The van der Waals surface area contributed by atoms with E-state index in [1.165, 1.54) is 0 Å². The number of amides is 1. The van der Waals surface area contributed by atoms with Gasteiger partial charge in [0, 0.05) is 32.6 Å². The quantitative estimate of drug-likeness (QED) is 0.657. The molecule has 156 valence electrons. The molecule has 0 spiro atoms. The van der Waals surface area contributed by atoms with Crippen LogP contribution in [0.4, 0.5) is 0 Å². The number of morpholine rings is 1. The van der Waals surface area contributed by atoms with Gasteiger partial charge in [-0.1, -0.05) is 42.5 Å². The van der Waals surface area contributed by atoms with Crippen molar-refractivity contribution in [2.75, 3.05) is 46.0 Å². The number of hydrogen-bond acceptors (Lipinski definition) is 5. The second-order valence-corrected chi connectivity index (χ2v) is 7.30. The maximum Gasteiger partial charge on any atom is 0.309 e. The van der Waals surface area contributed by atoms with E-state index in [1.807, 2.05) is 24.3 Å². The summed E-state index contributed by atoms with van der Waals surface area (Å²) in [6.45, 7) is 6.72. The maximum absolute atomic E-state index is 12.5. The number of carbonyl (C=O) groups excluding carboxylic acids is 2. The highest BCUT2D eigenvalue weighted by Gasteiger charge is 2.24. The summed E-state index contributed by atoms with van der Waals surface area (Å²) in [4.78, 5) is 27.3. The predicted molar refractivity (Wildman–Crippen MR) is 113 cm³/mol. The third-order valence-electron chi connectivity index (χ3n) is 5.25. The van der Waals surface area contributed by atoms with Crippen molar-refractivity contribution in [2.45, 2.75) is 19.8 Å². The zero-order chi connectivity index (χ0) is 20.5. The number of nitrogens with zero attached hydrogens (tertiary/aromatic N) is 1. The van der Waals surface area contributed by atoms with Crippen molar-refractivity contribution in [2.24, 2.45) is 5.92 Å². The molecule has 29 heavy (non-hydrogen) atoms. The summed E-state index contributed by atoms with van der Waals surface area (Å²) < 4.78 is 10.6. The van der Waals surface area contributed by atoms with Gasteiger partial charge in [0.25, 0.3) is 0 Å². The van der Waals surface area contributed by atoms with Gasteiger partial charge >= 0.3 is 5.97 Å². The summed E-state index contributed by atoms with van der Waals surface area (Å²) in [5.41, 5.74) is 1.06. The molecule has 1 amide bonds. The molecule has 6 heteroatoms. The van der Waals surface area contributed by atoms with Crippen LogP contribution in [0.2, 0.25) is 0 Å². The number of rotatable bonds is 9. The minimum Gasteiger partial charge on any atom is -0.466 e.